The van der Waals surface area contributed by atoms with Crippen LogP contribution in [0.5, 0.6) is 0 Å². The van der Waals surface area contributed by atoms with Crippen molar-refractivity contribution in [1.82, 2.24) is 25.3 Å². The average Bonchev–Trinajstić information content (AvgIpc) is 3.14. The summed E-state index contributed by atoms with van der Waals surface area (Å²) in [6.45, 7) is 0.231. The summed E-state index contributed by atoms with van der Waals surface area (Å²) < 4.78 is 16.2. The van der Waals surface area contributed by atoms with Crippen LogP contribution in [0.25, 0.3) is 0 Å². The highest BCUT2D eigenvalue weighted by Crippen LogP contribution is 2.47. The maximum absolute atomic E-state index is 14.5. The molecule has 0 amide bonds. The van der Waals surface area contributed by atoms with Gasteiger partial charge < -0.3 is 10.4 Å². The van der Waals surface area contributed by atoms with Crippen LogP contribution in [0.4, 0.5) is 4.48 Å². The van der Waals surface area contributed by atoms with E-state index in [1.54, 1.807) is 4.68 Å². The van der Waals surface area contributed by atoms with Crippen molar-refractivity contribution in [3.63, 3.8) is 0 Å². The molecule has 1 aromatic carbocycles. The molecule has 2 aromatic rings. The van der Waals surface area contributed by atoms with E-state index in [1.165, 1.54) is 18.6 Å². The molecule has 0 spiro atoms. The van der Waals surface area contributed by atoms with Gasteiger partial charge in [-0.2, -0.15) is 5.10 Å². The number of aliphatic hydroxyl groups excluding tert-OH is 1. The van der Waals surface area contributed by atoms with Crippen molar-refractivity contribution in [2.45, 2.75) is 18.4 Å². The molecule has 8 nitrogen and oxygen atoms in total. The van der Waals surface area contributed by atoms with Crippen molar-refractivity contribution in [1.29, 1.82) is 0 Å². The summed E-state index contributed by atoms with van der Waals surface area (Å²) in [6.07, 6.45) is 6.21. The van der Waals surface area contributed by atoms with Gasteiger partial charge in [0.05, 0.1) is 31.8 Å². The molecule has 3 heterocycles. The van der Waals surface area contributed by atoms with Gasteiger partial charge in [0.15, 0.2) is 5.78 Å². The van der Waals surface area contributed by atoms with Gasteiger partial charge in [-0.3, -0.25) is 4.79 Å². The van der Waals surface area contributed by atoms with E-state index in [1.807, 2.05) is 36.4 Å². The Labute approximate surface area is 171 Å². The normalized spacial score (nSPS) is 22.9. The summed E-state index contributed by atoms with van der Waals surface area (Å²) >= 11 is 0. The van der Waals surface area contributed by atoms with Crippen molar-refractivity contribution >= 4 is 12.0 Å². The van der Waals surface area contributed by atoms with Crippen LogP contribution in [0.2, 0.25) is 0 Å². The molecule has 3 aliphatic rings. The van der Waals surface area contributed by atoms with Gasteiger partial charge in [0.25, 0.3) is 0 Å². The fourth-order valence-electron chi connectivity index (χ4n) is 4.27. The fourth-order valence-corrected chi connectivity index (χ4v) is 4.27. The number of aliphatic hydroxyl groups is 1. The third-order valence-corrected chi connectivity index (χ3v) is 5.51. The number of rotatable bonds is 4. The molecule has 152 valence electrons. The summed E-state index contributed by atoms with van der Waals surface area (Å²) in [5, 5.41) is 21.0. The van der Waals surface area contributed by atoms with E-state index in [4.69, 9.17) is 0 Å². The quantitative estimate of drug-likeness (QED) is 0.749. The Hall–Kier alpha value is -3.59. The Morgan fingerprint density at radius 2 is 2.10 bits per heavy atom. The number of carbonyl (C=O) groups excluding carboxylic acids is 1. The number of benzene rings is 1. The van der Waals surface area contributed by atoms with Crippen molar-refractivity contribution in [3.05, 3.63) is 82.7 Å². The first-order valence-corrected chi connectivity index (χ1v) is 9.66. The minimum Gasteiger partial charge on any atom is -0.394 e. The van der Waals surface area contributed by atoms with Crippen LogP contribution in [0.15, 0.2) is 76.5 Å². The molecule has 9 heteroatoms. The predicted molar refractivity (Wildman–Crippen MR) is 107 cm³/mol. The van der Waals surface area contributed by atoms with Gasteiger partial charge in [-0.25, -0.2) is 9.67 Å². The number of hydrogen-bond acceptors (Lipinski definition) is 7. The Morgan fingerprint density at radius 1 is 1.27 bits per heavy atom. The zero-order valence-electron chi connectivity index (χ0n) is 15.9. The van der Waals surface area contributed by atoms with E-state index < -0.39 is 0 Å². The summed E-state index contributed by atoms with van der Waals surface area (Å²) in [5.74, 6) is -0.120. The molecule has 2 aliphatic heterocycles. The minimum absolute atomic E-state index is 0.0373. The highest BCUT2D eigenvalue weighted by molar-refractivity contribution is 5.97. The molecule has 0 bridgehead atoms. The van der Waals surface area contributed by atoms with Gasteiger partial charge in [-0.1, -0.05) is 46.1 Å². The minimum atomic E-state index is -0.352. The van der Waals surface area contributed by atoms with Crippen molar-refractivity contribution in [2.75, 3.05) is 13.2 Å². The lowest BCUT2D eigenvalue weighted by atomic mass is 9.74. The predicted octanol–water partition coefficient (Wildman–Crippen LogP) is 1.57. The lowest BCUT2D eigenvalue weighted by Gasteiger charge is -2.35. The molecule has 5 rings (SSSR count). The third kappa shape index (κ3) is 2.94. The molecule has 0 saturated carbocycles. The first-order chi connectivity index (χ1) is 14.7. The fraction of sp³-hybridized carbons (Fsp3) is 0.238. The summed E-state index contributed by atoms with van der Waals surface area (Å²) in [5.41, 5.74) is 3.18. The molecular formula is C21H19FN6O2. The Morgan fingerprint density at radius 3 is 2.90 bits per heavy atom. The number of nitrogens with zero attached hydrogens (tertiary/aromatic N) is 5. The van der Waals surface area contributed by atoms with E-state index in [-0.39, 0.29) is 48.2 Å². The monoisotopic (exact) mass is 406 g/mol. The van der Waals surface area contributed by atoms with E-state index in [0.29, 0.717) is 17.1 Å². The maximum atomic E-state index is 14.5. The number of aromatic nitrogens is 3. The lowest BCUT2D eigenvalue weighted by Crippen LogP contribution is -2.33. The zero-order valence-corrected chi connectivity index (χ0v) is 15.9. The molecule has 2 unspecified atom stereocenters. The number of allylic oxidation sites excluding steroid dienone is 3. The summed E-state index contributed by atoms with van der Waals surface area (Å²) in [7, 11) is 0. The van der Waals surface area contributed by atoms with Crippen LogP contribution in [0, 0.1) is 0 Å². The number of nitrogens with one attached hydrogen (secondary N) is 1. The second-order valence-electron chi connectivity index (χ2n) is 7.24. The molecular weight excluding hydrogens is 387 g/mol. The summed E-state index contributed by atoms with van der Waals surface area (Å²) in [6, 6.07) is 9.90. The zero-order chi connectivity index (χ0) is 20.7. The lowest BCUT2D eigenvalue weighted by molar-refractivity contribution is -0.113. The second-order valence-corrected chi connectivity index (χ2v) is 7.24. The highest BCUT2D eigenvalue weighted by Gasteiger charge is 2.41. The average molecular weight is 406 g/mol. The van der Waals surface area contributed by atoms with Crippen LogP contribution in [-0.4, -0.2) is 50.3 Å². The van der Waals surface area contributed by atoms with Gasteiger partial charge in [0.2, 0.25) is 0 Å². The van der Waals surface area contributed by atoms with E-state index >= 15 is 0 Å². The number of hydrogen-bond donors (Lipinski definition) is 2. The standard InChI is InChI=1S/C21H19FN6O2/c22-28-17-9-15(30)11-23-20-18(17)14(10-25-28)8-16(13-4-2-1-3-5-13)19(20)21-24-12-26-27(21)6-7-29/h1-5,8-10,12,16,19,23,29H,6-7,11H2. The Bertz CT molecular complexity index is 1120. The molecule has 0 saturated heterocycles. The largest absolute Gasteiger partial charge is 0.394 e. The molecule has 0 fully saturated rings. The number of carbonyl (C=O) groups is 1. The Kier molecular flexibility index (Phi) is 4.51. The van der Waals surface area contributed by atoms with Gasteiger partial charge >= 0.3 is 0 Å². The third-order valence-electron chi connectivity index (χ3n) is 5.51. The van der Waals surface area contributed by atoms with Crippen LogP contribution in [0.3, 0.4) is 0 Å². The van der Waals surface area contributed by atoms with E-state index in [2.05, 4.69) is 20.5 Å². The van der Waals surface area contributed by atoms with Gasteiger partial charge in [0.1, 0.15) is 17.8 Å². The van der Waals surface area contributed by atoms with Gasteiger partial charge in [-0.15, -0.1) is 5.10 Å². The first-order valence-electron chi connectivity index (χ1n) is 9.66. The molecule has 0 radical (unpaired) electrons. The molecule has 1 aliphatic carbocycles. The van der Waals surface area contributed by atoms with Crippen LogP contribution in [-0.2, 0) is 11.3 Å². The Balaban J connectivity index is 1.75. The summed E-state index contributed by atoms with van der Waals surface area (Å²) in [4.78, 5) is 16.8. The number of halogens is 1. The molecule has 2 atom stereocenters. The molecule has 30 heavy (non-hydrogen) atoms. The SMILES string of the molecule is O=C1C=C2C3=C(NC1)C(c1ncnn1CCO)C(c1ccccc1)C=C3C=NN2F. The smallest absolute Gasteiger partial charge is 0.176 e. The number of ketones is 1. The maximum Gasteiger partial charge on any atom is 0.176 e. The van der Waals surface area contributed by atoms with Gasteiger partial charge in [0, 0.05) is 28.8 Å². The van der Waals surface area contributed by atoms with E-state index in [9.17, 15) is 14.4 Å². The first kappa shape index (κ1) is 18.4. The molecule has 2 N–H and O–H groups in total. The van der Waals surface area contributed by atoms with Crippen LogP contribution < -0.4 is 5.32 Å². The van der Waals surface area contributed by atoms with Crippen molar-refractivity contribution in [3.8, 4) is 0 Å². The highest BCUT2D eigenvalue weighted by atomic mass is 19.2. The van der Waals surface area contributed by atoms with Crippen molar-refractivity contribution in [2.24, 2.45) is 5.10 Å². The number of hydrazone groups is 1. The van der Waals surface area contributed by atoms with Crippen LogP contribution >= 0.6 is 0 Å². The van der Waals surface area contributed by atoms with Crippen molar-refractivity contribution < 1.29 is 14.4 Å². The molecule has 1 aromatic heterocycles. The topological polar surface area (TPSA) is 95.6 Å². The second kappa shape index (κ2) is 7.34. The van der Waals surface area contributed by atoms with Crippen LogP contribution in [0.1, 0.15) is 23.2 Å². The van der Waals surface area contributed by atoms with E-state index in [0.717, 1.165) is 11.1 Å². The van der Waals surface area contributed by atoms with Gasteiger partial charge in [-0.05, 0) is 5.56 Å².